The molecule has 0 saturated heterocycles. The van der Waals surface area contributed by atoms with Crippen LogP contribution in [-0.4, -0.2) is 0 Å². The quantitative estimate of drug-likeness (QED) is 0.274. The fourth-order valence-corrected chi connectivity index (χ4v) is 0.788. The summed E-state index contributed by atoms with van der Waals surface area (Å²) in [4.78, 5) is 0. The molecule has 0 amide bonds. The molecule has 0 radical (unpaired) electrons. The molecular weight excluding hydrogens is 415 g/mol. The second-order valence-corrected chi connectivity index (χ2v) is 2.35. The van der Waals surface area contributed by atoms with Crippen molar-refractivity contribution in [2.24, 2.45) is 0 Å². The molecule has 0 unspecified atom stereocenters. The Balaban J connectivity index is 0. The molecule has 0 nitrogen and oxygen atoms in total. The molecule has 0 fully saturated rings. The Morgan fingerprint density at radius 2 is 2.00 bits per heavy atom. The first-order valence-corrected chi connectivity index (χ1v) is 2.76. The van der Waals surface area contributed by atoms with Crippen LogP contribution in [0.4, 0.5) is 0 Å². The van der Waals surface area contributed by atoms with Gasteiger partial charge in [-0.3, -0.25) is 0 Å². The van der Waals surface area contributed by atoms with Crippen LogP contribution in [0.5, 0.6) is 0 Å². The van der Waals surface area contributed by atoms with Crippen molar-refractivity contribution in [3.63, 3.8) is 0 Å². The first-order valence-electron chi connectivity index (χ1n) is 1.89. The molecule has 47 valence electrons. The number of halogens is 2. The number of hydrogen-bond acceptors (Lipinski definition) is 0. The van der Waals surface area contributed by atoms with E-state index in [0.717, 1.165) is 6.42 Å². The fraction of sp³-hybridized carbons (Fsp3) is 0.200. The molecule has 1 rings (SSSR count). The number of rotatable bonds is 0. The predicted molar refractivity (Wildman–Crippen MR) is 21.8 cm³/mol. The van der Waals surface area contributed by atoms with Gasteiger partial charge in [0, 0.05) is 0 Å². The maximum absolute atomic E-state index is 2.59. The van der Waals surface area contributed by atoms with Crippen LogP contribution >= 0.6 is 0 Å². The van der Waals surface area contributed by atoms with E-state index in [2.05, 4.69) is 36.5 Å². The van der Waals surface area contributed by atoms with Gasteiger partial charge in [-0.15, -0.1) is 0 Å². The van der Waals surface area contributed by atoms with Gasteiger partial charge in [0.15, 0.2) is 0 Å². The Kier molecular flexibility index (Phi) is 10.2. The summed E-state index contributed by atoms with van der Waals surface area (Å²) in [5.41, 5.74) is 0. The van der Waals surface area contributed by atoms with Crippen molar-refractivity contribution >= 4 is 0 Å². The molecule has 0 aromatic rings. The van der Waals surface area contributed by atoms with Crippen LogP contribution in [0.3, 0.4) is 0 Å². The Morgan fingerprint density at radius 3 is 2.12 bits per heavy atom. The molecule has 1 aliphatic rings. The molecule has 0 atom stereocenters. The van der Waals surface area contributed by atoms with Crippen molar-refractivity contribution in [3.05, 3.63) is 22.4 Å². The first-order chi connectivity index (χ1) is 2.89. The second-order valence-electron chi connectivity index (χ2n) is 1.23. The summed E-state index contributed by atoms with van der Waals surface area (Å²) in [7, 11) is 0. The van der Waals surface area contributed by atoms with E-state index in [4.69, 9.17) is 0 Å². The maximum atomic E-state index is 2.59. The summed E-state index contributed by atoms with van der Waals surface area (Å²) < 4.78 is 1.40. The second kappa shape index (κ2) is 6.68. The van der Waals surface area contributed by atoms with Gasteiger partial charge >= 0.3 is 47.1 Å². The van der Waals surface area contributed by atoms with E-state index in [-0.39, 0.29) is 48.0 Å². The molecule has 0 spiro atoms. The van der Waals surface area contributed by atoms with Crippen molar-refractivity contribution in [1.29, 1.82) is 0 Å². The van der Waals surface area contributed by atoms with Gasteiger partial charge in [0.05, 0.1) is 0 Å². The van der Waals surface area contributed by atoms with Crippen LogP contribution in [0.25, 0.3) is 0 Å². The van der Waals surface area contributed by atoms with Crippen molar-refractivity contribution in [2.75, 3.05) is 0 Å². The van der Waals surface area contributed by atoms with E-state index < -0.39 is 0 Å². The zero-order valence-electron chi connectivity index (χ0n) is 4.05. The van der Waals surface area contributed by atoms with Gasteiger partial charge in [0.2, 0.25) is 0 Å². The molecule has 0 aromatic heterocycles. The van der Waals surface area contributed by atoms with Crippen LogP contribution < -0.4 is 48.0 Å². The van der Waals surface area contributed by atoms with Crippen LogP contribution in [0.2, 0.25) is 0 Å². The van der Waals surface area contributed by atoms with E-state index in [1.807, 2.05) is 0 Å². The molecule has 8 heavy (non-hydrogen) atoms. The van der Waals surface area contributed by atoms with E-state index in [9.17, 15) is 0 Å². The van der Waals surface area contributed by atoms with E-state index >= 15 is 0 Å². The Bertz CT molecular complexity index is 107. The fourth-order valence-electron chi connectivity index (χ4n) is 0.416. The summed E-state index contributed by atoms with van der Waals surface area (Å²) in [5, 5.41) is 0. The molecule has 1 aliphatic carbocycles. The monoisotopic (exact) mass is 421 g/mol. The van der Waals surface area contributed by atoms with E-state index in [1.165, 1.54) is 4.17 Å². The first kappa shape index (κ1) is 12.3. The molecule has 0 aromatic carbocycles. The third-order valence-corrected chi connectivity index (χ3v) is 1.36. The zero-order valence-corrected chi connectivity index (χ0v) is 10.1. The molecule has 0 heterocycles. The average Bonchev–Trinajstić information content (AvgIpc) is 1.86. The van der Waals surface area contributed by atoms with E-state index in [1.54, 1.807) is 0 Å². The van der Waals surface area contributed by atoms with Crippen molar-refractivity contribution < 1.29 is 66.3 Å². The van der Waals surface area contributed by atoms with Gasteiger partial charge in [-0.1, -0.05) is 0 Å². The molecule has 0 aliphatic heterocycles. The van der Waals surface area contributed by atoms with Crippen LogP contribution in [0.1, 0.15) is 6.42 Å². The van der Waals surface area contributed by atoms with Crippen molar-refractivity contribution in [3.8, 4) is 0 Å². The van der Waals surface area contributed by atoms with Gasteiger partial charge in [-0.25, -0.2) is 0 Å². The third-order valence-electron chi connectivity index (χ3n) is 0.717. The van der Waals surface area contributed by atoms with Crippen LogP contribution in [-0.2, 0) is 18.3 Å². The summed E-state index contributed by atoms with van der Waals surface area (Å²) in [6, 6.07) is 0. The van der Waals surface area contributed by atoms with Crippen LogP contribution in [0.15, 0.2) is 22.4 Å². The van der Waals surface area contributed by atoms with Gasteiger partial charge < -0.3 is 48.0 Å². The average molecular weight is 420 g/mol. The standard InChI is InChI=1S/C5H5.2HI.Ru/c1-2-4-5-3-1;;;/h1-3H,4H2;2*1H;/q;;;+2/p-2. The van der Waals surface area contributed by atoms with Crippen molar-refractivity contribution in [2.45, 2.75) is 6.42 Å². The molecule has 0 saturated carbocycles. The predicted octanol–water partition coefficient (Wildman–Crippen LogP) is -4.61. The molecule has 0 bridgehead atoms. The van der Waals surface area contributed by atoms with Gasteiger partial charge in [0.1, 0.15) is 0 Å². The minimum atomic E-state index is 0. The minimum absolute atomic E-state index is 0. The zero-order chi connectivity index (χ0) is 4.41. The summed E-state index contributed by atoms with van der Waals surface area (Å²) in [5.74, 6) is 0. The van der Waals surface area contributed by atoms with E-state index in [0.29, 0.717) is 0 Å². The van der Waals surface area contributed by atoms with Crippen molar-refractivity contribution in [1.82, 2.24) is 0 Å². The van der Waals surface area contributed by atoms with Gasteiger partial charge in [-0.05, 0) is 0 Å². The van der Waals surface area contributed by atoms with Crippen LogP contribution in [0, 0.1) is 0 Å². The normalized spacial score (nSPS) is 13.8. The number of allylic oxidation sites excluding steroid dienone is 4. The number of hydrogen-bond donors (Lipinski definition) is 0. The molecule has 3 heteroatoms. The SMILES string of the molecule is [I-].[I-].[Ru+2][C]1=CC=CC1. The topological polar surface area (TPSA) is 0 Å². The van der Waals surface area contributed by atoms with Gasteiger partial charge in [0.25, 0.3) is 0 Å². The Hall–Kier alpha value is 1.56. The summed E-state index contributed by atoms with van der Waals surface area (Å²) >= 11 is 2.59. The molecule has 0 N–H and O–H groups in total. The molecular formula is C5H5I2Ru. The Morgan fingerprint density at radius 1 is 1.38 bits per heavy atom. The Labute approximate surface area is 93.9 Å². The third kappa shape index (κ3) is 4.44. The summed E-state index contributed by atoms with van der Waals surface area (Å²) in [6.07, 6.45) is 7.46. The van der Waals surface area contributed by atoms with Gasteiger partial charge in [-0.2, -0.15) is 0 Å². The summed E-state index contributed by atoms with van der Waals surface area (Å²) in [6.45, 7) is 0.